The molecule has 0 bridgehead atoms. The van der Waals surface area contributed by atoms with Crippen molar-refractivity contribution in [1.29, 1.82) is 5.26 Å². The molecule has 0 aliphatic carbocycles. The number of nitrogens with zero attached hydrogens (tertiary/aromatic N) is 2. The molecule has 0 aliphatic heterocycles. The maximum atomic E-state index is 9.03. The molecule has 1 aromatic heterocycles. The first-order valence-corrected chi connectivity index (χ1v) is 8.54. The van der Waals surface area contributed by atoms with Crippen molar-refractivity contribution >= 4 is 18.0 Å². The van der Waals surface area contributed by atoms with Crippen molar-refractivity contribution in [2.45, 2.75) is 23.5 Å². The molecule has 0 aliphatic rings. The van der Waals surface area contributed by atoms with Crippen LogP contribution in [0.25, 0.3) is 0 Å². The van der Waals surface area contributed by atoms with Crippen LogP contribution in [0.4, 0.5) is 0 Å². The monoisotopic (exact) mass is 348 g/mol. The summed E-state index contributed by atoms with van der Waals surface area (Å²) in [6.07, 6.45) is 1.52. The van der Waals surface area contributed by atoms with Crippen LogP contribution < -0.4 is 0 Å². The highest BCUT2D eigenvalue weighted by Gasteiger charge is 2.03. The van der Waals surface area contributed by atoms with E-state index in [1.807, 2.05) is 30.3 Å². The fourth-order valence-corrected chi connectivity index (χ4v) is 2.91. The number of nitriles is 1. The molecule has 0 amide bonds. The summed E-state index contributed by atoms with van der Waals surface area (Å²) in [5.74, 6) is 0.614. The molecule has 0 saturated heterocycles. The molecule has 0 spiro atoms. The molecule has 0 N–H and O–H groups in total. The van der Waals surface area contributed by atoms with Crippen molar-refractivity contribution in [3.8, 4) is 6.07 Å². The fraction of sp³-hybridized carbons (Fsp3) is 0.100. The standard InChI is InChI=1S/C20H16N2O2S/c1-15-6-9-19(10-7-15)25-20-11-8-18(24-20)13-22-23-14-17-5-3-2-4-16(17)12-21/h2-11,13H,14H2,1H3/b22-13-. The molecular weight excluding hydrogens is 332 g/mol. The van der Waals surface area contributed by atoms with Crippen LogP contribution in [-0.2, 0) is 11.4 Å². The van der Waals surface area contributed by atoms with E-state index in [-0.39, 0.29) is 6.61 Å². The summed E-state index contributed by atoms with van der Waals surface area (Å²) in [7, 11) is 0. The third kappa shape index (κ3) is 4.75. The third-order valence-electron chi connectivity index (χ3n) is 3.45. The van der Waals surface area contributed by atoms with Gasteiger partial charge < -0.3 is 9.25 Å². The summed E-state index contributed by atoms with van der Waals surface area (Å²) >= 11 is 1.55. The molecule has 0 radical (unpaired) electrons. The van der Waals surface area contributed by atoms with Crippen LogP contribution in [0.2, 0.25) is 0 Å². The molecule has 0 unspecified atom stereocenters. The highest BCUT2D eigenvalue weighted by Crippen LogP contribution is 2.29. The first-order chi connectivity index (χ1) is 12.2. The highest BCUT2D eigenvalue weighted by atomic mass is 32.2. The first-order valence-electron chi connectivity index (χ1n) is 7.72. The lowest BCUT2D eigenvalue weighted by Crippen LogP contribution is -1.91. The maximum absolute atomic E-state index is 9.03. The minimum Gasteiger partial charge on any atom is -0.448 e. The van der Waals surface area contributed by atoms with Crippen LogP contribution in [-0.4, -0.2) is 6.21 Å². The summed E-state index contributed by atoms with van der Waals surface area (Å²) in [5, 5.41) is 13.7. The fourth-order valence-electron chi connectivity index (χ4n) is 2.13. The number of oxime groups is 1. The van der Waals surface area contributed by atoms with Crippen molar-refractivity contribution in [3.05, 3.63) is 83.1 Å². The van der Waals surface area contributed by atoms with E-state index in [0.29, 0.717) is 11.3 Å². The van der Waals surface area contributed by atoms with Crippen LogP contribution in [0, 0.1) is 18.3 Å². The van der Waals surface area contributed by atoms with E-state index in [1.54, 1.807) is 17.8 Å². The SMILES string of the molecule is Cc1ccc(Sc2ccc(/C=N\OCc3ccccc3C#N)o2)cc1. The van der Waals surface area contributed by atoms with E-state index in [9.17, 15) is 0 Å². The van der Waals surface area contributed by atoms with E-state index in [0.717, 1.165) is 15.6 Å². The van der Waals surface area contributed by atoms with E-state index in [4.69, 9.17) is 14.5 Å². The van der Waals surface area contributed by atoms with Crippen LogP contribution in [0.5, 0.6) is 0 Å². The lowest BCUT2D eigenvalue weighted by atomic mass is 10.1. The van der Waals surface area contributed by atoms with Gasteiger partial charge in [0.25, 0.3) is 0 Å². The van der Waals surface area contributed by atoms with Gasteiger partial charge in [0, 0.05) is 10.5 Å². The Morgan fingerprint density at radius 1 is 1.12 bits per heavy atom. The number of hydrogen-bond donors (Lipinski definition) is 0. The van der Waals surface area contributed by atoms with Gasteiger partial charge in [-0.15, -0.1) is 0 Å². The molecule has 3 aromatic rings. The average Bonchev–Trinajstić information content (AvgIpc) is 3.08. The lowest BCUT2D eigenvalue weighted by Gasteiger charge is -2.01. The lowest BCUT2D eigenvalue weighted by molar-refractivity contribution is 0.131. The highest BCUT2D eigenvalue weighted by molar-refractivity contribution is 7.99. The molecule has 0 atom stereocenters. The van der Waals surface area contributed by atoms with Crippen LogP contribution >= 0.6 is 11.8 Å². The van der Waals surface area contributed by atoms with Crippen LogP contribution in [0.3, 0.4) is 0 Å². The Labute approximate surface area is 150 Å². The zero-order valence-electron chi connectivity index (χ0n) is 13.7. The number of rotatable bonds is 6. The van der Waals surface area contributed by atoms with Gasteiger partial charge in [0.05, 0.1) is 11.6 Å². The number of furan rings is 1. The average molecular weight is 348 g/mol. The number of hydrogen-bond acceptors (Lipinski definition) is 5. The molecule has 0 saturated carbocycles. The zero-order chi connectivity index (χ0) is 17.5. The predicted molar refractivity (Wildman–Crippen MR) is 97.6 cm³/mol. The smallest absolute Gasteiger partial charge is 0.165 e. The summed E-state index contributed by atoms with van der Waals surface area (Å²) in [4.78, 5) is 6.38. The number of benzene rings is 2. The van der Waals surface area contributed by atoms with Gasteiger partial charge in [-0.05, 0) is 37.3 Å². The Balaban J connectivity index is 1.55. The van der Waals surface area contributed by atoms with Crippen LogP contribution in [0.1, 0.15) is 22.5 Å². The molecule has 25 heavy (non-hydrogen) atoms. The van der Waals surface area contributed by atoms with E-state index in [2.05, 4.69) is 42.4 Å². The minimum atomic E-state index is 0.242. The van der Waals surface area contributed by atoms with Crippen molar-refractivity contribution in [2.75, 3.05) is 0 Å². The molecule has 5 heteroatoms. The Bertz CT molecular complexity index is 908. The van der Waals surface area contributed by atoms with Crippen molar-refractivity contribution in [2.24, 2.45) is 5.16 Å². The second-order valence-electron chi connectivity index (χ2n) is 5.35. The predicted octanol–water partition coefficient (Wildman–Crippen LogP) is 5.16. The van der Waals surface area contributed by atoms with Gasteiger partial charge in [-0.2, -0.15) is 5.26 Å². The molecular formula is C20H16N2O2S. The summed E-state index contributed by atoms with van der Waals surface area (Å²) in [6.45, 7) is 2.30. The topological polar surface area (TPSA) is 58.5 Å². The Kier molecular flexibility index (Phi) is 5.55. The van der Waals surface area contributed by atoms with Gasteiger partial charge >= 0.3 is 0 Å². The second kappa shape index (κ2) is 8.22. The van der Waals surface area contributed by atoms with Crippen molar-refractivity contribution in [1.82, 2.24) is 0 Å². The maximum Gasteiger partial charge on any atom is 0.165 e. The summed E-state index contributed by atoms with van der Waals surface area (Å²) in [5.41, 5.74) is 2.62. The van der Waals surface area contributed by atoms with E-state index in [1.165, 1.54) is 11.8 Å². The normalized spacial score (nSPS) is 10.7. The third-order valence-corrected chi connectivity index (χ3v) is 4.38. The van der Waals surface area contributed by atoms with Gasteiger partial charge in [-0.25, -0.2) is 0 Å². The van der Waals surface area contributed by atoms with Gasteiger partial charge in [-0.1, -0.05) is 52.8 Å². The second-order valence-corrected chi connectivity index (χ2v) is 6.43. The molecule has 1 heterocycles. The molecule has 124 valence electrons. The molecule has 4 nitrogen and oxygen atoms in total. The molecule has 3 rings (SSSR count). The Morgan fingerprint density at radius 2 is 1.92 bits per heavy atom. The zero-order valence-corrected chi connectivity index (χ0v) is 14.5. The van der Waals surface area contributed by atoms with Gasteiger partial charge in [-0.3, -0.25) is 0 Å². The molecule has 2 aromatic carbocycles. The number of aryl methyl sites for hydroxylation is 1. The largest absolute Gasteiger partial charge is 0.448 e. The van der Waals surface area contributed by atoms with Crippen molar-refractivity contribution < 1.29 is 9.25 Å². The quantitative estimate of drug-likeness (QED) is 0.456. The molecule has 0 fully saturated rings. The summed E-state index contributed by atoms with van der Waals surface area (Å²) < 4.78 is 5.70. The summed E-state index contributed by atoms with van der Waals surface area (Å²) in [6, 6.07) is 21.4. The van der Waals surface area contributed by atoms with Gasteiger partial charge in [0.2, 0.25) is 0 Å². The van der Waals surface area contributed by atoms with Gasteiger partial charge in [0.1, 0.15) is 18.6 Å². The minimum absolute atomic E-state index is 0.242. The Hall–Kier alpha value is -2.97. The van der Waals surface area contributed by atoms with E-state index >= 15 is 0 Å². The van der Waals surface area contributed by atoms with Crippen molar-refractivity contribution in [3.63, 3.8) is 0 Å². The Morgan fingerprint density at radius 3 is 2.72 bits per heavy atom. The van der Waals surface area contributed by atoms with E-state index < -0.39 is 0 Å². The van der Waals surface area contributed by atoms with Gasteiger partial charge in [0.15, 0.2) is 5.09 Å². The van der Waals surface area contributed by atoms with Crippen LogP contribution in [0.15, 0.2) is 80.2 Å². The first kappa shape index (κ1) is 16.9.